The molecule has 2 bridgehead atoms. The van der Waals surface area contributed by atoms with Crippen molar-refractivity contribution in [2.75, 3.05) is 11.9 Å². The summed E-state index contributed by atoms with van der Waals surface area (Å²) in [6, 6.07) is 14.6. The summed E-state index contributed by atoms with van der Waals surface area (Å²) in [7, 11) is 0. The molecule has 34 heavy (non-hydrogen) atoms. The molecule has 2 saturated carbocycles. The van der Waals surface area contributed by atoms with E-state index < -0.39 is 24.5 Å². The number of anilines is 1. The lowest BCUT2D eigenvalue weighted by Crippen LogP contribution is -2.48. The maximum absolute atomic E-state index is 13.3. The smallest absolute Gasteiger partial charge is 0.330 e. The third-order valence-corrected chi connectivity index (χ3v) is 7.54. The van der Waals surface area contributed by atoms with Crippen LogP contribution in [0.15, 0.2) is 54.6 Å². The molecule has 0 spiro atoms. The molecule has 2 aromatic carbocycles. The first-order chi connectivity index (χ1) is 16.4. The molecule has 2 aliphatic carbocycles. The summed E-state index contributed by atoms with van der Waals surface area (Å²) in [6.07, 6.45) is 2.97. The van der Waals surface area contributed by atoms with Gasteiger partial charge in [-0.15, -0.1) is 0 Å². The molecule has 176 valence electrons. The van der Waals surface area contributed by atoms with Gasteiger partial charge in [-0.2, -0.15) is 0 Å². The average molecular weight is 481 g/mol. The zero-order valence-corrected chi connectivity index (χ0v) is 19.2. The first-order valence-corrected chi connectivity index (χ1v) is 11.9. The van der Waals surface area contributed by atoms with Crippen LogP contribution in [0.1, 0.15) is 24.8 Å². The Morgan fingerprint density at radius 2 is 1.59 bits per heavy atom. The van der Waals surface area contributed by atoms with E-state index in [9.17, 15) is 19.2 Å². The maximum atomic E-state index is 13.3. The maximum Gasteiger partial charge on any atom is 0.330 e. The Bertz CT molecular complexity index is 1090. The van der Waals surface area contributed by atoms with Crippen molar-refractivity contribution in [2.24, 2.45) is 23.7 Å². The van der Waals surface area contributed by atoms with Crippen LogP contribution in [0.4, 0.5) is 5.69 Å². The molecule has 7 nitrogen and oxygen atoms in total. The van der Waals surface area contributed by atoms with Crippen LogP contribution in [0, 0.1) is 23.7 Å². The van der Waals surface area contributed by atoms with Gasteiger partial charge in [0.25, 0.3) is 5.91 Å². The van der Waals surface area contributed by atoms with E-state index in [1.807, 2.05) is 30.3 Å². The van der Waals surface area contributed by atoms with Crippen LogP contribution in [0.3, 0.4) is 0 Å². The second-order valence-electron chi connectivity index (χ2n) is 9.30. The highest BCUT2D eigenvalue weighted by Crippen LogP contribution is 2.56. The number of imide groups is 1. The first kappa shape index (κ1) is 22.6. The van der Waals surface area contributed by atoms with Crippen molar-refractivity contribution in [3.05, 3.63) is 65.2 Å². The summed E-state index contributed by atoms with van der Waals surface area (Å²) < 4.78 is 5.31. The number of fused-ring (bicyclic) bond motifs is 5. The van der Waals surface area contributed by atoms with Gasteiger partial charge >= 0.3 is 5.97 Å². The van der Waals surface area contributed by atoms with Gasteiger partial charge < -0.3 is 10.1 Å². The summed E-state index contributed by atoms with van der Waals surface area (Å²) >= 11 is 5.85. The SMILES string of the molecule is O=C(COC(=O)[C@@H](Cc1ccccc1)N1C(=O)[C@@H]2[C@H]3CC[C@@H](C3)[C@@H]2C1=O)Nc1ccc(Cl)cc1. The number of carbonyl (C=O) groups is 4. The van der Waals surface area contributed by atoms with E-state index in [1.54, 1.807) is 24.3 Å². The number of nitrogens with zero attached hydrogens (tertiary/aromatic N) is 1. The van der Waals surface area contributed by atoms with Crippen molar-refractivity contribution in [3.8, 4) is 0 Å². The van der Waals surface area contributed by atoms with Crippen LogP contribution in [0.2, 0.25) is 5.02 Å². The Hall–Kier alpha value is -3.19. The van der Waals surface area contributed by atoms with Crippen molar-refractivity contribution in [2.45, 2.75) is 31.7 Å². The van der Waals surface area contributed by atoms with Gasteiger partial charge in [0.15, 0.2) is 6.61 Å². The van der Waals surface area contributed by atoms with Crippen LogP contribution >= 0.6 is 11.6 Å². The van der Waals surface area contributed by atoms with Crippen LogP contribution in [-0.2, 0) is 30.3 Å². The summed E-state index contributed by atoms with van der Waals surface area (Å²) in [5.74, 6) is -2.05. The first-order valence-electron chi connectivity index (χ1n) is 11.6. The fourth-order valence-electron chi connectivity index (χ4n) is 5.82. The van der Waals surface area contributed by atoms with Gasteiger partial charge in [0.1, 0.15) is 6.04 Å². The molecule has 5 rings (SSSR count). The molecule has 3 amide bonds. The highest BCUT2D eigenvalue weighted by atomic mass is 35.5. The standard InChI is InChI=1S/C26H25ClN2O5/c27-18-8-10-19(11-9-18)28-21(30)14-34-26(33)20(12-15-4-2-1-3-5-15)29-24(31)22-16-6-7-17(13-16)23(22)25(29)32/h1-5,8-11,16-17,20,22-23H,6-7,12-14H2,(H,28,30)/t16-,17-,20+,22-,23+/m0/s1. The van der Waals surface area contributed by atoms with Crippen LogP contribution in [0.25, 0.3) is 0 Å². The minimum atomic E-state index is -1.10. The second kappa shape index (κ2) is 9.22. The number of rotatable bonds is 7. The normalized spacial score (nSPS) is 25.9. The fourth-order valence-corrected chi connectivity index (χ4v) is 5.95. The Balaban J connectivity index is 1.31. The summed E-state index contributed by atoms with van der Waals surface area (Å²) in [4.78, 5) is 53.3. The quantitative estimate of drug-likeness (QED) is 0.484. The molecule has 1 saturated heterocycles. The number of esters is 1. The van der Waals surface area contributed by atoms with Gasteiger partial charge in [0.05, 0.1) is 11.8 Å². The van der Waals surface area contributed by atoms with Crippen LogP contribution in [0.5, 0.6) is 0 Å². The van der Waals surface area contributed by atoms with Crippen molar-refractivity contribution in [1.29, 1.82) is 0 Å². The van der Waals surface area contributed by atoms with Crippen LogP contribution in [-0.4, -0.2) is 41.2 Å². The number of ether oxygens (including phenoxy) is 1. The molecule has 1 aliphatic heterocycles. The Kier molecular flexibility index (Phi) is 6.13. The monoisotopic (exact) mass is 480 g/mol. The molecule has 3 fully saturated rings. The van der Waals surface area contributed by atoms with Crippen molar-refractivity contribution in [3.63, 3.8) is 0 Å². The molecule has 1 N–H and O–H groups in total. The van der Waals surface area contributed by atoms with E-state index in [4.69, 9.17) is 16.3 Å². The molecule has 0 radical (unpaired) electrons. The lowest BCUT2D eigenvalue weighted by molar-refractivity contribution is -0.160. The molecule has 8 heteroatoms. The fraction of sp³-hybridized carbons (Fsp3) is 0.385. The highest BCUT2D eigenvalue weighted by Gasteiger charge is 2.62. The van der Waals surface area contributed by atoms with Gasteiger partial charge in [0.2, 0.25) is 11.8 Å². The molecule has 1 heterocycles. The zero-order chi connectivity index (χ0) is 23.8. The largest absolute Gasteiger partial charge is 0.454 e. The van der Waals surface area contributed by atoms with Gasteiger partial charge in [-0.25, -0.2) is 4.79 Å². The third kappa shape index (κ3) is 4.20. The van der Waals surface area contributed by atoms with Gasteiger partial charge in [-0.3, -0.25) is 19.3 Å². The third-order valence-electron chi connectivity index (χ3n) is 7.29. The van der Waals surface area contributed by atoms with E-state index in [0.29, 0.717) is 10.7 Å². The van der Waals surface area contributed by atoms with Gasteiger partial charge in [0, 0.05) is 17.1 Å². The number of hydrogen-bond donors (Lipinski definition) is 1. The highest BCUT2D eigenvalue weighted by molar-refractivity contribution is 6.30. The Morgan fingerprint density at radius 1 is 0.971 bits per heavy atom. The van der Waals surface area contributed by atoms with Crippen molar-refractivity contribution < 1.29 is 23.9 Å². The lowest BCUT2D eigenvalue weighted by atomic mass is 9.81. The number of amides is 3. The number of halogens is 1. The van der Waals surface area contributed by atoms with E-state index >= 15 is 0 Å². The Morgan fingerprint density at radius 3 is 2.21 bits per heavy atom. The van der Waals surface area contributed by atoms with E-state index in [-0.39, 0.29) is 41.9 Å². The summed E-state index contributed by atoms with van der Waals surface area (Å²) in [6.45, 7) is -0.527. The lowest BCUT2D eigenvalue weighted by Gasteiger charge is -2.26. The van der Waals surface area contributed by atoms with E-state index in [0.717, 1.165) is 29.7 Å². The number of likely N-dealkylation sites (tertiary alicyclic amines) is 1. The molecule has 3 aliphatic rings. The molecule has 2 aromatic rings. The predicted molar refractivity (Wildman–Crippen MR) is 125 cm³/mol. The Labute approximate surface area is 202 Å². The van der Waals surface area contributed by atoms with E-state index in [2.05, 4.69) is 5.32 Å². The number of carbonyl (C=O) groups excluding carboxylic acids is 4. The van der Waals surface area contributed by atoms with Crippen molar-refractivity contribution in [1.82, 2.24) is 4.90 Å². The molecule has 0 aromatic heterocycles. The van der Waals surface area contributed by atoms with Gasteiger partial charge in [-0.1, -0.05) is 41.9 Å². The zero-order valence-electron chi connectivity index (χ0n) is 18.5. The number of nitrogens with one attached hydrogen (secondary N) is 1. The second-order valence-corrected chi connectivity index (χ2v) is 9.74. The molecule has 0 unspecified atom stereocenters. The molecular weight excluding hydrogens is 456 g/mol. The summed E-state index contributed by atoms with van der Waals surface area (Å²) in [5, 5.41) is 3.16. The number of hydrogen-bond acceptors (Lipinski definition) is 5. The van der Waals surface area contributed by atoms with Crippen molar-refractivity contribution >= 4 is 41.0 Å². The predicted octanol–water partition coefficient (Wildman–Crippen LogP) is 3.46. The topological polar surface area (TPSA) is 92.8 Å². The molecular formula is C26H25ClN2O5. The van der Waals surface area contributed by atoms with Gasteiger partial charge in [-0.05, 0) is 60.9 Å². The van der Waals surface area contributed by atoms with Crippen LogP contribution < -0.4 is 5.32 Å². The number of benzene rings is 2. The molecule has 5 atom stereocenters. The minimum absolute atomic E-state index is 0.144. The minimum Gasteiger partial charge on any atom is -0.454 e. The summed E-state index contributed by atoms with van der Waals surface area (Å²) in [5.41, 5.74) is 1.31. The average Bonchev–Trinajstić information content (AvgIpc) is 3.52. The van der Waals surface area contributed by atoms with E-state index in [1.165, 1.54) is 0 Å².